The van der Waals surface area contributed by atoms with Crippen LogP contribution in [-0.2, 0) is 9.59 Å². The Morgan fingerprint density at radius 2 is 1.73 bits per heavy atom. The fourth-order valence-electron chi connectivity index (χ4n) is 2.77. The van der Waals surface area contributed by atoms with Crippen LogP contribution in [0.2, 0.25) is 5.02 Å². The minimum atomic E-state index is -0.686. The maximum Gasteiger partial charge on any atom is 0.313 e. The molecule has 0 aromatic heterocycles. The lowest BCUT2D eigenvalue weighted by Gasteiger charge is -2.18. The van der Waals surface area contributed by atoms with Crippen molar-refractivity contribution in [2.75, 3.05) is 11.9 Å². The molecule has 1 unspecified atom stereocenters. The summed E-state index contributed by atoms with van der Waals surface area (Å²) >= 11 is 5.93. The summed E-state index contributed by atoms with van der Waals surface area (Å²) in [4.78, 5) is 24.5. The lowest BCUT2D eigenvalue weighted by atomic mass is 10.0. The molecule has 5 nitrogen and oxygen atoms in total. The van der Waals surface area contributed by atoms with Crippen LogP contribution >= 0.6 is 11.6 Å². The van der Waals surface area contributed by atoms with Crippen LogP contribution in [0, 0.1) is 5.92 Å². The third-order valence-electron chi connectivity index (χ3n) is 4.24. The van der Waals surface area contributed by atoms with Gasteiger partial charge in [0, 0.05) is 10.7 Å². The van der Waals surface area contributed by atoms with Crippen LogP contribution in [0.1, 0.15) is 31.4 Å². The minimum Gasteiger partial charge on any atom is -0.494 e. The molecule has 2 aromatic carbocycles. The van der Waals surface area contributed by atoms with Gasteiger partial charge in [0.2, 0.25) is 0 Å². The monoisotopic (exact) mass is 372 g/mol. The highest BCUT2D eigenvalue weighted by Gasteiger charge is 2.34. The first-order chi connectivity index (χ1) is 12.6. The molecule has 6 heteroatoms. The number of halogens is 1. The Balaban J connectivity index is 1.62. The summed E-state index contributed by atoms with van der Waals surface area (Å²) < 4.78 is 5.36. The molecule has 26 heavy (non-hydrogen) atoms. The van der Waals surface area contributed by atoms with Gasteiger partial charge in [-0.25, -0.2) is 0 Å². The maximum atomic E-state index is 12.3. The van der Waals surface area contributed by atoms with Crippen molar-refractivity contribution in [1.29, 1.82) is 0 Å². The van der Waals surface area contributed by atoms with E-state index in [9.17, 15) is 9.59 Å². The first-order valence-corrected chi connectivity index (χ1v) is 9.05. The Labute approximate surface area is 157 Å². The Morgan fingerprint density at radius 3 is 2.31 bits per heavy atom. The number of amides is 2. The van der Waals surface area contributed by atoms with Crippen molar-refractivity contribution in [3.63, 3.8) is 0 Å². The van der Waals surface area contributed by atoms with Gasteiger partial charge in [0.1, 0.15) is 5.75 Å². The van der Waals surface area contributed by atoms with Crippen molar-refractivity contribution in [1.82, 2.24) is 5.32 Å². The molecule has 2 aromatic rings. The summed E-state index contributed by atoms with van der Waals surface area (Å²) in [6.07, 6.45) is 2.07. The number of ether oxygens (including phenoxy) is 1. The second-order valence-corrected chi connectivity index (χ2v) is 6.69. The number of carbonyl (C=O) groups is 2. The highest BCUT2D eigenvalue weighted by Crippen LogP contribution is 2.41. The Bertz CT molecular complexity index is 771. The van der Waals surface area contributed by atoms with Gasteiger partial charge >= 0.3 is 11.8 Å². The van der Waals surface area contributed by atoms with Gasteiger partial charge in [0.15, 0.2) is 0 Å². The zero-order valence-electron chi connectivity index (χ0n) is 14.5. The predicted octanol–water partition coefficient (Wildman–Crippen LogP) is 3.94. The van der Waals surface area contributed by atoms with Gasteiger partial charge in [-0.2, -0.15) is 0 Å². The van der Waals surface area contributed by atoms with Crippen molar-refractivity contribution in [2.45, 2.75) is 25.8 Å². The summed E-state index contributed by atoms with van der Waals surface area (Å²) in [6, 6.07) is 14.1. The SMILES string of the molecule is CCOc1ccc(NC(=O)C(=O)NC(c2ccc(Cl)cc2)C2CC2)cc1. The zero-order chi connectivity index (χ0) is 18.5. The molecule has 136 valence electrons. The molecule has 1 atom stereocenters. The molecule has 0 saturated heterocycles. The fourth-order valence-corrected chi connectivity index (χ4v) is 2.89. The first kappa shape index (κ1) is 18.3. The Hall–Kier alpha value is -2.53. The van der Waals surface area contributed by atoms with Crippen molar-refractivity contribution < 1.29 is 14.3 Å². The number of carbonyl (C=O) groups excluding carboxylic acids is 2. The normalized spacial score (nSPS) is 14.4. The molecule has 0 bridgehead atoms. The van der Waals surface area contributed by atoms with Crippen molar-refractivity contribution in [3.8, 4) is 5.75 Å². The van der Waals surface area contributed by atoms with E-state index < -0.39 is 11.8 Å². The van der Waals surface area contributed by atoms with E-state index in [0.29, 0.717) is 29.0 Å². The molecular weight excluding hydrogens is 352 g/mol. The third kappa shape index (κ3) is 4.76. The van der Waals surface area contributed by atoms with Crippen molar-refractivity contribution >= 4 is 29.1 Å². The molecule has 0 heterocycles. The minimum absolute atomic E-state index is 0.175. The highest BCUT2D eigenvalue weighted by atomic mass is 35.5. The zero-order valence-corrected chi connectivity index (χ0v) is 15.3. The van der Waals surface area contributed by atoms with Crippen LogP contribution in [0.3, 0.4) is 0 Å². The lowest BCUT2D eigenvalue weighted by Crippen LogP contribution is -2.38. The average Bonchev–Trinajstić information content (AvgIpc) is 3.47. The standard InChI is InChI=1S/C20H21ClN2O3/c1-2-26-17-11-9-16(10-12-17)22-19(24)20(25)23-18(13-3-4-13)14-5-7-15(21)8-6-14/h5-13,18H,2-4H2,1H3,(H,22,24)(H,23,25). The number of hydrogen-bond donors (Lipinski definition) is 2. The molecular formula is C20H21ClN2O3. The van der Waals surface area contributed by atoms with Crippen LogP contribution in [0.5, 0.6) is 5.75 Å². The second-order valence-electron chi connectivity index (χ2n) is 6.25. The lowest BCUT2D eigenvalue weighted by molar-refractivity contribution is -0.136. The summed E-state index contributed by atoms with van der Waals surface area (Å²) in [7, 11) is 0. The van der Waals surface area contributed by atoms with Crippen molar-refractivity contribution in [2.24, 2.45) is 5.92 Å². The van der Waals surface area contributed by atoms with E-state index in [1.54, 1.807) is 36.4 Å². The number of hydrogen-bond acceptors (Lipinski definition) is 3. The van der Waals surface area contributed by atoms with Gasteiger partial charge in [-0.15, -0.1) is 0 Å². The van der Waals surface area contributed by atoms with Gasteiger partial charge in [-0.3, -0.25) is 9.59 Å². The molecule has 2 N–H and O–H groups in total. The van der Waals surface area contributed by atoms with Gasteiger partial charge < -0.3 is 15.4 Å². The molecule has 1 aliphatic carbocycles. The van der Waals surface area contributed by atoms with Crippen LogP contribution in [-0.4, -0.2) is 18.4 Å². The quantitative estimate of drug-likeness (QED) is 0.754. The molecule has 1 aliphatic rings. The average molecular weight is 373 g/mol. The van der Waals surface area contributed by atoms with E-state index in [-0.39, 0.29) is 6.04 Å². The first-order valence-electron chi connectivity index (χ1n) is 8.67. The van der Waals surface area contributed by atoms with E-state index in [1.807, 2.05) is 19.1 Å². The molecule has 0 radical (unpaired) electrons. The number of nitrogens with one attached hydrogen (secondary N) is 2. The van der Waals surface area contributed by atoms with E-state index in [4.69, 9.17) is 16.3 Å². The van der Waals surface area contributed by atoms with Crippen molar-refractivity contribution in [3.05, 3.63) is 59.1 Å². The highest BCUT2D eigenvalue weighted by molar-refractivity contribution is 6.39. The summed E-state index contributed by atoms with van der Waals surface area (Å²) in [5.74, 6) is -0.260. The predicted molar refractivity (Wildman–Crippen MR) is 101 cm³/mol. The maximum absolute atomic E-state index is 12.3. The third-order valence-corrected chi connectivity index (χ3v) is 4.49. The molecule has 0 spiro atoms. The summed E-state index contributed by atoms with van der Waals surface area (Å²) in [6.45, 7) is 2.47. The number of benzene rings is 2. The summed E-state index contributed by atoms with van der Waals surface area (Å²) in [5, 5.41) is 6.10. The van der Waals surface area contributed by atoms with E-state index in [2.05, 4.69) is 10.6 Å². The topological polar surface area (TPSA) is 67.4 Å². The summed E-state index contributed by atoms with van der Waals surface area (Å²) in [5.41, 5.74) is 1.50. The van der Waals surface area contributed by atoms with Crippen LogP contribution in [0.25, 0.3) is 0 Å². The van der Waals surface area contributed by atoms with Crippen LogP contribution in [0.15, 0.2) is 48.5 Å². The van der Waals surface area contributed by atoms with Gasteiger partial charge in [0.05, 0.1) is 12.6 Å². The molecule has 3 rings (SSSR count). The number of rotatable bonds is 6. The van der Waals surface area contributed by atoms with E-state index >= 15 is 0 Å². The van der Waals surface area contributed by atoms with Gasteiger partial charge in [0.25, 0.3) is 0 Å². The largest absolute Gasteiger partial charge is 0.494 e. The molecule has 1 fully saturated rings. The Morgan fingerprint density at radius 1 is 1.08 bits per heavy atom. The number of anilines is 1. The van der Waals surface area contributed by atoms with E-state index in [0.717, 1.165) is 18.4 Å². The van der Waals surface area contributed by atoms with E-state index in [1.165, 1.54) is 0 Å². The molecule has 2 amide bonds. The van der Waals surface area contributed by atoms with Crippen LogP contribution < -0.4 is 15.4 Å². The fraction of sp³-hybridized carbons (Fsp3) is 0.300. The van der Waals surface area contributed by atoms with Gasteiger partial charge in [-0.05, 0) is 67.6 Å². The van der Waals surface area contributed by atoms with Gasteiger partial charge in [-0.1, -0.05) is 23.7 Å². The second kappa shape index (κ2) is 8.23. The smallest absolute Gasteiger partial charge is 0.313 e. The molecule has 1 saturated carbocycles. The molecule has 0 aliphatic heterocycles. The Kier molecular flexibility index (Phi) is 5.78. The van der Waals surface area contributed by atoms with Crippen LogP contribution in [0.4, 0.5) is 5.69 Å².